The molecule has 0 aliphatic heterocycles. The van der Waals surface area contributed by atoms with Gasteiger partial charge in [0.15, 0.2) is 11.9 Å². The second-order valence-electron chi connectivity index (χ2n) is 12.1. The largest absolute Gasteiger partial charge is 0.369 e. The highest BCUT2D eigenvalue weighted by molar-refractivity contribution is 6.30. The van der Waals surface area contributed by atoms with E-state index in [0.29, 0.717) is 53.0 Å². The number of aliphatic imine (C=N–C) groups is 4. The van der Waals surface area contributed by atoms with Gasteiger partial charge < -0.3 is 32.7 Å². The van der Waals surface area contributed by atoms with E-state index in [2.05, 4.69) is 71.9 Å². The average Bonchev–Trinajstić information content (AvgIpc) is 3.04. The standard InChI is InChI=1S/C35H48Cl2N10/c1-5-7-21-46(33(40)44-31(38)42-29-16-12-27(36)13-17-29)23-25-8-10-26(11-9-25)24-47(22-20-35(3,4)6-2)34(41)45-32(39)43-30-18-14-28(37)15-19-30/h8-19H,5-7,20-24H2,1-4H3,(H4,38,40,42,44)(H4,39,41,43,45). The van der Waals surface area contributed by atoms with Crippen molar-refractivity contribution in [2.45, 2.75) is 66.5 Å². The molecule has 0 radical (unpaired) electrons. The number of nitrogens with two attached hydrogens (primary N) is 4. The number of guanidine groups is 4. The summed E-state index contributed by atoms with van der Waals surface area (Å²) in [6.07, 6.45) is 3.95. The summed E-state index contributed by atoms with van der Waals surface area (Å²) in [5.74, 6) is 0.768. The molecule has 0 aromatic heterocycles. The Balaban J connectivity index is 1.77. The van der Waals surface area contributed by atoms with E-state index in [-0.39, 0.29) is 17.3 Å². The van der Waals surface area contributed by atoms with Gasteiger partial charge in [-0.15, -0.1) is 0 Å². The van der Waals surface area contributed by atoms with Crippen molar-refractivity contribution in [3.05, 3.63) is 94.0 Å². The molecule has 0 spiro atoms. The summed E-state index contributed by atoms with van der Waals surface area (Å²) < 4.78 is 0. The lowest BCUT2D eigenvalue weighted by atomic mass is 9.86. The zero-order valence-corrected chi connectivity index (χ0v) is 29.3. The van der Waals surface area contributed by atoms with E-state index in [4.69, 9.17) is 46.1 Å². The Kier molecular flexibility index (Phi) is 14.4. The van der Waals surface area contributed by atoms with Crippen LogP contribution in [0.5, 0.6) is 0 Å². The lowest BCUT2D eigenvalue weighted by Gasteiger charge is -2.29. The van der Waals surface area contributed by atoms with Gasteiger partial charge in [0, 0.05) is 36.2 Å². The van der Waals surface area contributed by atoms with Crippen LogP contribution in [-0.2, 0) is 13.1 Å². The Hall–Kier alpha value is -4.28. The SMILES string of the molecule is CCCCN(Cc1ccc(CN(CCC(C)(C)CC)C(N)=NC(N)=Nc2ccc(Cl)cc2)cc1)C(N)=NC(N)=Nc1ccc(Cl)cc1. The highest BCUT2D eigenvalue weighted by Gasteiger charge is 2.19. The summed E-state index contributed by atoms with van der Waals surface area (Å²) in [6.45, 7) is 11.4. The molecule has 0 heterocycles. The van der Waals surface area contributed by atoms with Crippen molar-refractivity contribution in [1.29, 1.82) is 0 Å². The summed E-state index contributed by atoms with van der Waals surface area (Å²) in [5, 5.41) is 1.24. The van der Waals surface area contributed by atoms with E-state index in [0.717, 1.165) is 43.4 Å². The first-order valence-corrected chi connectivity index (χ1v) is 16.6. The molecule has 252 valence electrons. The predicted molar refractivity (Wildman–Crippen MR) is 200 cm³/mol. The fraction of sp³-hybridized carbons (Fsp3) is 0.371. The van der Waals surface area contributed by atoms with Crippen LogP contribution in [0.25, 0.3) is 0 Å². The Morgan fingerprint density at radius 3 is 1.43 bits per heavy atom. The fourth-order valence-electron chi connectivity index (χ4n) is 4.43. The topological polar surface area (TPSA) is 160 Å². The summed E-state index contributed by atoms with van der Waals surface area (Å²) in [6, 6.07) is 22.4. The van der Waals surface area contributed by atoms with E-state index < -0.39 is 0 Å². The van der Waals surface area contributed by atoms with Crippen molar-refractivity contribution < 1.29 is 0 Å². The quantitative estimate of drug-likeness (QED) is 0.111. The minimum absolute atomic E-state index is 0.0743. The number of hydrogen-bond acceptors (Lipinski definition) is 2. The monoisotopic (exact) mass is 678 g/mol. The maximum Gasteiger partial charge on any atom is 0.223 e. The minimum Gasteiger partial charge on any atom is -0.369 e. The van der Waals surface area contributed by atoms with E-state index in [1.165, 1.54) is 0 Å². The number of hydrogen-bond donors (Lipinski definition) is 4. The van der Waals surface area contributed by atoms with Crippen molar-refractivity contribution in [2.75, 3.05) is 13.1 Å². The fourth-order valence-corrected chi connectivity index (χ4v) is 4.68. The Labute approximate surface area is 289 Å². The predicted octanol–water partition coefficient (Wildman–Crippen LogP) is 7.15. The smallest absolute Gasteiger partial charge is 0.223 e. The maximum atomic E-state index is 6.52. The molecular weight excluding hydrogens is 631 g/mol. The van der Waals surface area contributed by atoms with Gasteiger partial charge in [-0.1, -0.05) is 88.0 Å². The van der Waals surface area contributed by atoms with Crippen molar-refractivity contribution in [1.82, 2.24) is 9.80 Å². The molecule has 0 unspecified atom stereocenters. The molecule has 0 aliphatic carbocycles. The van der Waals surface area contributed by atoms with E-state index in [1.807, 2.05) is 9.80 Å². The van der Waals surface area contributed by atoms with Crippen molar-refractivity contribution in [3.63, 3.8) is 0 Å². The maximum absolute atomic E-state index is 6.52. The molecule has 47 heavy (non-hydrogen) atoms. The molecule has 0 amide bonds. The van der Waals surface area contributed by atoms with Gasteiger partial charge in [-0.2, -0.15) is 9.98 Å². The molecule has 12 heteroatoms. The van der Waals surface area contributed by atoms with Gasteiger partial charge in [0.25, 0.3) is 0 Å². The van der Waals surface area contributed by atoms with Crippen LogP contribution in [0.3, 0.4) is 0 Å². The van der Waals surface area contributed by atoms with E-state index in [9.17, 15) is 0 Å². The van der Waals surface area contributed by atoms with Crippen LogP contribution in [0.1, 0.15) is 64.5 Å². The second kappa shape index (κ2) is 18.2. The Morgan fingerprint density at radius 1 is 0.638 bits per heavy atom. The van der Waals surface area contributed by atoms with Crippen LogP contribution in [0, 0.1) is 5.41 Å². The molecule has 0 fully saturated rings. The molecule has 0 bridgehead atoms. The van der Waals surface area contributed by atoms with Gasteiger partial charge in [-0.25, -0.2) is 9.98 Å². The molecule has 3 rings (SSSR count). The number of rotatable bonds is 13. The molecule has 3 aromatic carbocycles. The second-order valence-corrected chi connectivity index (χ2v) is 13.0. The van der Waals surface area contributed by atoms with Crippen LogP contribution < -0.4 is 22.9 Å². The number of nitrogens with zero attached hydrogens (tertiary/aromatic N) is 6. The van der Waals surface area contributed by atoms with Gasteiger partial charge in [0.05, 0.1) is 11.4 Å². The summed E-state index contributed by atoms with van der Waals surface area (Å²) in [4.78, 5) is 21.6. The minimum atomic E-state index is 0.0743. The molecule has 0 saturated heterocycles. The molecule has 10 nitrogen and oxygen atoms in total. The molecule has 8 N–H and O–H groups in total. The van der Waals surface area contributed by atoms with Crippen LogP contribution in [-0.4, -0.2) is 46.7 Å². The summed E-state index contributed by atoms with van der Waals surface area (Å²) in [5.41, 5.74) is 28.8. The van der Waals surface area contributed by atoms with Crippen molar-refractivity contribution >= 4 is 58.4 Å². The third kappa shape index (κ3) is 13.2. The van der Waals surface area contributed by atoms with Crippen LogP contribution in [0.2, 0.25) is 10.0 Å². The van der Waals surface area contributed by atoms with Crippen molar-refractivity contribution in [3.8, 4) is 0 Å². The van der Waals surface area contributed by atoms with Gasteiger partial charge in [-0.05, 0) is 77.9 Å². The van der Waals surface area contributed by atoms with E-state index >= 15 is 0 Å². The van der Waals surface area contributed by atoms with Gasteiger partial charge in [-0.3, -0.25) is 0 Å². The summed E-state index contributed by atoms with van der Waals surface area (Å²) >= 11 is 12.0. The van der Waals surface area contributed by atoms with Gasteiger partial charge >= 0.3 is 0 Å². The summed E-state index contributed by atoms with van der Waals surface area (Å²) in [7, 11) is 0. The van der Waals surface area contributed by atoms with Gasteiger partial charge in [0.1, 0.15) is 0 Å². The van der Waals surface area contributed by atoms with Crippen LogP contribution in [0.4, 0.5) is 11.4 Å². The molecule has 0 aliphatic rings. The molecule has 0 saturated carbocycles. The number of benzene rings is 3. The molecule has 0 atom stereocenters. The average molecular weight is 680 g/mol. The third-order valence-electron chi connectivity index (χ3n) is 7.81. The zero-order valence-electron chi connectivity index (χ0n) is 27.8. The molecular formula is C35H48Cl2N10. The normalized spacial score (nSPS) is 13.1. The number of halogens is 2. The van der Waals surface area contributed by atoms with Crippen LogP contribution >= 0.6 is 23.2 Å². The third-order valence-corrected chi connectivity index (χ3v) is 8.32. The Morgan fingerprint density at radius 2 is 1.04 bits per heavy atom. The highest BCUT2D eigenvalue weighted by Crippen LogP contribution is 2.25. The highest BCUT2D eigenvalue weighted by atomic mass is 35.5. The van der Waals surface area contributed by atoms with Crippen LogP contribution in [0.15, 0.2) is 92.8 Å². The van der Waals surface area contributed by atoms with Gasteiger partial charge in [0.2, 0.25) is 11.9 Å². The van der Waals surface area contributed by atoms with Crippen molar-refractivity contribution in [2.24, 2.45) is 48.3 Å². The first kappa shape index (κ1) is 37.2. The molecule has 3 aromatic rings. The Bertz CT molecular complexity index is 1530. The lowest BCUT2D eigenvalue weighted by Crippen LogP contribution is -2.40. The first-order valence-electron chi connectivity index (χ1n) is 15.8. The first-order chi connectivity index (χ1) is 22.4. The number of unbranched alkanes of at least 4 members (excludes halogenated alkanes) is 1. The van der Waals surface area contributed by atoms with E-state index in [1.54, 1.807) is 48.5 Å². The lowest BCUT2D eigenvalue weighted by molar-refractivity contribution is 0.269. The zero-order chi connectivity index (χ0) is 34.4.